The van der Waals surface area contributed by atoms with Crippen LogP contribution >= 0.6 is 40.7 Å². The highest BCUT2D eigenvalue weighted by atomic mass is 79.9. The van der Waals surface area contributed by atoms with Crippen LogP contribution in [0.4, 0.5) is 0 Å². The van der Waals surface area contributed by atoms with Gasteiger partial charge in [0.1, 0.15) is 12.4 Å². The third kappa shape index (κ3) is 5.85. The van der Waals surface area contributed by atoms with Gasteiger partial charge in [0, 0.05) is 19.1 Å². The summed E-state index contributed by atoms with van der Waals surface area (Å²) in [4.78, 5) is 2.59. The Kier molecular flexibility index (Phi) is 8.90. The standard InChI is InChI=1S/C21H25BrN2O.2ClH/c22-19-12-17(13-23-20-14-24-10-8-18(20)9-11-24)6-7-21(19)25-15-16-4-2-1-3-5-16;;/h1-7,12,18,20,23H,8-11,13-15H2;2*1H. The van der Waals surface area contributed by atoms with E-state index in [0.717, 1.165) is 22.7 Å². The summed E-state index contributed by atoms with van der Waals surface area (Å²) in [5, 5.41) is 3.77. The number of benzene rings is 2. The van der Waals surface area contributed by atoms with Gasteiger partial charge in [-0.2, -0.15) is 0 Å². The van der Waals surface area contributed by atoms with E-state index in [4.69, 9.17) is 4.74 Å². The van der Waals surface area contributed by atoms with Crippen LogP contribution in [0, 0.1) is 5.92 Å². The van der Waals surface area contributed by atoms with Gasteiger partial charge in [0.25, 0.3) is 0 Å². The molecule has 148 valence electrons. The summed E-state index contributed by atoms with van der Waals surface area (Å²) < 4.78 is 6.96. The number of hydrogen-bond acceptors (Lipinski definition) is 3. The molecule has 2 aromatic carbocycles. The Morgan fingerprint density at radius 2 is 1.74 bits per heavy atom. The van der Waals surface area contributed by atoms with Gasteiger partial charge >= 0.3 is 0 Å². The number of ether oxygens (including phenoxy) is 1. The Morgan fingerprint density at radius 3 is 2.37 bits per heavy atom. The summed E-state index contributed by atoms with van der Waals surface area (Å²) in [5.74, 6) is 1.76. The molecule has 0 radical (unpaired) electrons. The van der Waals surface area contributed by atoms with Crippen LogP contribution in [-0.2, 0) is 13.2 Å². The zero-order chi connectivity index (χ0) is 17.1. The average Bonchev–Trinajstić information content (AvgIpc) is 2.67. The lowest BCUT2D eigenvalue weighted by Gasteiger charge is -2.45. The van der Waals surface area contributed by atoms with Crippen molar-refractivity contribution in [3.63, 3.8) is 0 Å². The molecular weight excluding hydrogens is 447 g/mol. The quantitative estimate of drug-likeness (QED) is 0.634. The molecule has 0 aromatic heterocycles. The van der Waals surface area contributed by atoms with Gasteiger partial charge in [0.15, 0.2) is 0 Å². The van der Waals surface area contributed by atoms with Crippen molar-refractivity contribution in [3.8, 4) is 5.75 Å². The lowest BCUT2D eigenvalue weighted by Crippen LogP contribution is -2.55. The largest absolute Gasteiger partial charge is 0.488 e. The Morgan fingerprint density at radius 1 is 1.00 bits per heavy atom. The molecule has 5 rings (SSSR count). The molecule has 2 aromatic rings. The van der Waals surface area contributed by atoms with Crippen LogP contribution in [0.15, 0.2) is 53.0 Å². The number of halogens is 3. The Bertz CT molecular complexity index is 709. The summed E-state index contributed by atoms with van der Waals surface area (Å²) in [5.41, 5.74) is 2.48. The first-order chi connectivity index (χ1) is 12.3. The molecule has 2 bridgehead atoms. The first-order valence-corrected chi connectivity index (χ1v) is 9.98. The molecule has 3 nitrogen and oxygen atoms in total. The van der Waals surface area contributed by atoms with E-state index in [2.05, 4.69) is 56.5 Å². The zero-order valence-electron chi connectivity index (χ0n) is 15.3. The second-order valence-electron chi connectivity index (χ2n) is 7.16. The van der Waals surface area contributed by atoms with Crippen LogP contribution in [0.25, 0.3) is 0 Å². The fraction of sp³-hybridized carbons (Fsp3) is 0.429. The van der Waals surface area contributed by atoms with Crippen LogP contribution in [0.1, 0.15) is 24.0 Å². The molecular formula is C21H27BrCl2N2O. The van der Waals surface area contributed by atoms with Crippen molar-refractivity contribution >= 4 is 40.7 Å². The van der Waals surface area contributed by atoms with E-state index in [-0.39, 0.29) is 24.8 Å². The third-order valence-corrected chi connectivity index (χ3v) is 6.08. The second-order valence-corrected chi connectivity index (χ2v) is 8.02. The topological polar surface area (TPSA) is 24.5 Å². The molecule has 1 N–H and O–H groups in total. The lowest BCUT2D eigenvalue weighted by atomic mass is 9.84. The molecule has 0 spiro atoms. The molecule has 3 heterocycles. The van der Waals surface area contributed by atoms with Gasteiger partial charge in [-0.25, -0.2) is 0 Å². The van der Waals surface area contributed by atoms with E-state index in [1.54, 1.807) is 0 Å². The molecule has 1 unspecified atom stereocenters. The summed E-state index contributed by atoms with van der Waals surface area (Å²) in [6.45, 7) is 5.32. The predicted molar refractivity (Wildman–Crippen MR) is 119 cm³/mol. The normalized spacial score (nSPS) is 23.2. The minimum Gasteiger partial charge on any atom is -0.488 e. The van der Waals surface area contributed by atoms with Crippen molar-refractivity contribution in [1.82, 2.24) is 10.2 Å². The van der Waals surface area contributed by atoms with Crippen LogP contribution < -0.4 is 10.1 Å². The number of nitrogens with one attached hydrogen (secondary N) is 1. The van der Waals surface area contributed by atoms with Crippen molar-refractivity contribution in [2.45, 2.75) is 32.0 Å². The van der Waals surface area contributed by atoms with E-state index in [9.17, 15) is 0 Å². The highest BCUT2D eigenvalue weighted by Crippen LogP contribution is 2.29. The first kappa shape index (κ1) is 22.5. The number of nitrogens with zero attached hydrogens (tertiary/aromatic N) is 1. The fourth-order valence-electron chi connectivity index (χ4n) is 3.95. The van der Waals surface area contributed by atoms with Crippen LogP contribution in [0.5, 0.6) is 5.75 Å². The summed E-state index contributed by atoms with van der Waals surface area (Å²) >= 11 is 3.66. The van der Waals surface area contributed by atoms with Gasteiger partial charge in [0.2, 0.25) is 0 Å². The number of rotatable bonds is 6. The predicted octanol–water partition coefficient (Wildman–Crippen LogP) is 5.06. The van der Waals surface area contributed by atoms with Crippen molar-refractivity contribution in [3.05, 3.63) is 64.1 Å². The Labute approximate surface area is 182 Å². The fourth-order valence-corrected chi connectivity index (χ4v) is 4.49. The van der Waals surface area contributed by atoms with Gasteiger partial charge in [0.05, 0.1) is 4.47 Å². The summed E-state index contributed by atoms with van der Waals surface area (Å²) in [6, 6.07) is 17.3. The van der Waals surface area contributed by atoms with Crippen LogP contribution in [-0.4, -0.2) is 30.6 Å². The van der Waals surface area contributed by atoms with Gasteiger partial charge in [-0.15, -0.1) is 24.8 Å². The third-order valence-electron chi connectivity index (χ3n) is 5.46. The minimum absolute atomic E-state index is 0. The average molecular weight is 474 g/mol. The van der Waals surface area contributed by atoms with E-state index < -0.39 is 0 Å². The molecule has 3 aliphatic heterocycles. The second kappa shape index (κ2) is 10.7. The summed E-state index contributed by atoms with van der Waals surface area (Å²) in [6.07, 6.45) is 2.71. The summed E-state index contributed by atoms with van der Waals surface area (Å²) in [7, 11) is 0. The Balaban J connectivity index is 0.00000131. The van der Waals surface area contributed by atoms with E-state index in [0.29, 0.717) is 12.6 Å². The van der Waals surface area contributed by atoms with Gasteiger partial charge in [-0.3, -0.25) is 0 Å². The lowest BCUT2D eigenvalue weighted by molar-refractivity contribution is 0.0720. The van der Waals surface area contributed by atoms with Crippen molar-refractivity contribution in [1.29, 1.82) is 0 Å². The highest BCUT2D eigenvalue weighted by Gasteiger charge is 2.33. The number of hydrogen-bond donors (Lipinski definition) is 1. The molecule has 3 fully saturated rings. The van der Waals surface area contributed by atoms with Gasteiger partial charge < -0.3 is 15.0 Å². The smallest absolute Gasteiger partial charge is 0.134 e. The van der Waals surface area contributed by atoms with E-state index in [1.807, 2.05) is 18.2 Å². The minimum atomic E-state index is 0. The van der Waals surface area contributed by atoms with Gasteiger partial charge in [-0.05, 0) is 71.0 Å². The maximum atomic E-state index is 5.94. The monoisotopic (exact) mass is 472 g/mol. The van der Waals surface area contributed by atoms with E-state index in [1.165, 1.54) is 43.6 Å². The SMILES string of the molecule is Brc1cc(CNC2CN3CCC2CC3)ccc1OCc1ccccc1.Cl.Cl. The zero-order valence-corrected chi connectivity index (χ0v) is 18.5. The van der Waals surface area contributed by atoms with E-state index >= 15 is 0 Å². The maximum absolute atomic E-state index is 5.94. The molecule has 3 aliphatic rings. The van der Waals surface area contributed by atoms with Crippen molar-refractivity contribution in [2.24, 2.45) is 5.92 Å². The molecule has 1 atom stereocenters. The molecule has 27 heavy (non-hydrogen) atoms. The highest BCUT2D eigenvalue weighted by molar-refractivity contribution is 9.10. The first-order valence-electron chi connectivity index (χ1n) is 9.19. The molecule has 0 saturated carbocycles. The van der Waals surface area contributed by atoms with Crippen LogP contribution in [0.2, 0.25) is 0 Å². The van der Waals surface area contributed by atoms with Gasteiger partial charge in [-0.1, -0.05) is 36.4 Å². The maximum Gasteiger partial charge on any atom is 0.134 e. The number of fused-ring (bicyclic) bond motifs is 3. The Hall–Kier alpha value is -0.780. The van der Waals surface area contributed by atoms with Crippen molar-refractivity contribution < 1.29 is 4.74 Å². The molecule has 3 saturated heterocycles. The molecule has 0 amide bonds. The van der Waals surface area contributed by atoms with Crippen molar-refractivity contribution in [2.75, 3.05) is 19.6 Å². The van der Waals surface area contributed by atoms with Crippen LogP contribution in [0.3, 0.4) is 0 Å². The number of piperidine rings is 3. The molecule has 0 aliphatic carbocycles. The molecule has 6 heteroatoms.